The first-order valence-corrected chi connectivity index (χ1v) is 7.30. The predicted octanol–water partition coefficient (Wildman–Crippen LogP) is 5.08. The number of phenolic OH excluding ortho intramolecular Hbond substituents is 1. The normalized spacial score (nSPS) is 10.4. The Morgan fingerprint density at radius 3 is 2.40 bits per heavy atom. The summed E-state index contributed by atoms with van der Waals surface area (Å²) in [5, 5.41) is 14.1. The monoisotopic (exact) mass is 375 g/mol. The molecule has 0 atom stereocenters. The van der Waals surface area contributed by atoms with E-state index >= 15 is 0 Å². The van der Waals surface area contributed by atoms with E-state index in [-0.39, 0.29) is 5.75 Å². The summed E-state index contributed by atoms with van der Waals surface area (Å²) in [5.41, 5.74) is 1.77. The Morgan fingerprint density at radius 2 is 1.80 bits per heavy atom. The van der Waals surface area contributed by atoms with Gasteiger partial charge in [0.15, 0.2) is 11.5 Å². The van der Waals surface area contributed by atoms with Crippen LogP contribution in [0.2, 0.25) is 10.0 Å². The lowest BCUT2D eigenvalue weighted by atomic mass is 10.2. The SMILES string of the molecule is COc1cc(CNc2cc(Cl)cc(Cl)c2)cc(Br)c1O. The lowest BCUT2D eigenvalue weighted by Crippen LogP contribution is -2.00. The summed E-state index contributed by atoms with van der Waals surface area (Å²) in [5.74, 6) is 0.502. The van der Waals surface area contributed by atoms with Crippen LogP contribution in [0.3, 0.4) is 0 Å². The smallest absolute Gasteiger partial charge is 0.172 e. The Kier molecular flexibility index (Phi) is 5.02. The lowest BCUT2D eigenvalue weighted by Gasteiger charge is -2.11. The molecule has 3 nitrogen and oxygen atoms in total. The fraction of sp³-hybridized carbons (Fsp3) is 0.143. The molecule has 0 saturated carbocycles. The van der Waals surface area contributed by atoms with E-state index in [1.165, 1.54) is 7.11 Å². The molecule has 0 aromatic heterocycles. The van der Waals surface area contributed by atoms with Gasteiger partial charge in [-0.15, -0.1) is 0 Å². The molecule has 2 aromatic rings. The molecule has 2 aromatic carbocycles. The van der Waals surface area contributed by atoms with Gasteiger partial charge < -0.3 is 15.2 Å². The molecule has 2 rings (SSSR count). The van der Waals surface area contributed by atoms with Crippen molar-refractivity contribution in [1.29, 1.82) is 0 Å². The van der Waals surface area contributed by atoms with Gasteiger partial charge in [-0.3, -0.25) is 0 Å². The second-order valence-corrected chi connectivity index (χ2v) is 5.87. The zero-order valence-corrected chi connectivity index (χ0v) is 13.7. The van der Waals surface area contributed by atoms with E-state index < -0.39 is 0 Å². The van der Waals surface area contributed by atoms with Gasteiger partial charge in [0.25, 0.3) is 0 Å². The van der Waals surface area contributed by atoms with Crippen LogP contribution in [0.15, 0.2) is 34.8 Å². The molecular formula is C14H12BrCl2NO2. The maximum atomic E-state index is 9.75. The minimum absolute atomic E-state index is 0.0852. The van der Waals surface area contributed by atoms with Crippen LogP contribution in [0, 0.1) is 0 Å². The molecule has 0 amide bonds. The van der Waals surface area contributed by atoms with Crippen molar-refractivity contribution >= 4 is 44.8 Å². The molecular weight excluding hydrogens is 365 g/mol. The number of aromatic hydroxyl groups is 1. The summed E-state index contributed by atoms with van der Waals surface area (Å²) < 4.78 is 5.69. The highest BCUT2D eigenvalue weighted by Gasteiger charge is 2.08. The van der Waals surface area contributed by atoms with Gasteiger partial charge in [0.1, 0.15) is 0 Å². The molecule has 0 unspecified atom stereocenters. The van der Waals surface area contributed by atoms with Crippen molar-refractivity contribution in [3.8, 4) is 11.5 Å². The summed E-state index contributed by atoms with van der Waals surface area (Å²) in [6.45, 7) is 0.548. The maximum absolute atomic E-state index is 9.75. The molecule has 0 aliphatic rings. The molecule has 0 bridgehead atoms. The Morgan fingerprint density at radius 1 is 1.15 bits per heavy atom. The summed E-state index contributed by atoms with van der Waals surface area (Å²) in [7, 11) is 1.51. The second kappa shape index (κ2) is 6.57. The largest absolute Gasteiger partial charge is 0.503 e. The standard InChI is InChI=1S/C14H12BrCl2NO2/c1-20-13-3-8(2-12(15)14(13)19)7-18-11-5-9(16)4-10(17)6-11/h2-6,18-19H,7H2,1H3. The number of phenols is 1. The highest BCUT2D eigenvalue weighted by Crippen LogP contribution is 2.35. The zero-order chi connectivity index (χ0) is 14.7. The van der Waals surface area contributed by atoms with E-state index in [4.69, 9.17) is 27.9 Å². The molecule has 0 aliphatic heterocycles. The van der Waals surface area contributed by atoms with E-state index in [0.717, 1.165) is 11.3 Å². The van der Waals surface area contributed by atoms with Gasteiger partial charge in [-0.25, -0.2) is 0 Å². The highest BCUT2D eigenvalue weighted by molar-refractivity contribution is 9.10. The van der Waals surface area contributed by atoms with Crippen molar-refractivity contribution in [3.63, 3.8) is 0 Å². The predicted molar refractivity (Wildman–Crippen MR) is 86.1 cm³/mol. The molecule has 0 heterocycles. The van der Waals surface area contributed by atoms with Crippen molar-refractivity contribution in [2.75, 3.05) is 12.4 Å². The van der Waals surface area contributed by atoms with Crippen LogP contribution in [0.1, 0.15) is 5.56 Å². The lowest BCUT2D eigenvalue weighted by molar-refractivity contribution is 0.371. The van der Waals surface area contributed by atoms with Crippen LogP contribution < -0.4 is 10.1 Å². The van der Waals surface area contributed by atoms with Gasteiger partial charge in [-0.1, -0.05) is 23.2 Å². The van der Waals surface area contributed by atoms with Crippen LogP contribution in [-0.2, 0) is 6.54 Å². The number of nitrogens with one attached hydrogen (secondary N) is 1. The third-order valence-corrected chi connectivity index (χ3v) is 3.71. The van der Waals surface area contributed by atoms with E-state index in [0.29, 0.717) is 26.8 Å². The Hall–Kier alpha value is -1.10. The average molecular weight is 377 g/mol. The maximum Gasteiger partial charge on any atom is 0.172 e. The van der Waals surface area contributed by atoms with Gasteiger partial charge in [-0.05, 0) is 51.8 Å². The van der Waals surface area contributed by atoms with Gasteiger partial charge in [0, 0.05) is 22.3 Å². The first kappa shape index (κ1) is 15.3. The Labute approximate surface area is 135 Å². The number of hydrogen-bond acceptors (Lipinski definition) is 3. The Balaban J connectivity index is 2.16. The summed E-state index contributed by atoms with van der Waals surface area (Å²) in [6, 6.07) is 8.84. The summed E-state index contributed by atoms with van der Waals surface area (Å²) in [6.07, 6.45) is 0. The highest BCUT2D eigenvalue weighted by atomic mass is 79.9. The quantitative estimate of drug-likeness (QED) is 0.781. The summed E-state index contributed by atoms with van der Waals surface area (Å²) >= 11 is 15.2. The van der Waals surface area contributed by atoms with Crippen molar-refractivity contribution in [2.24, 2.45) is 0 Å². The van der Waals surface area contributed by atoms with E-state index in [9.17, 15) is 5.11 Å². The van der Waals surface area contributed by atoms with Crippen LogP contribution in [0.4, 0.5) is 5.69 Å². The number of methoxy groups -OCH3 is 1. The third kappa shape index (κ3) is 3.72. The Bertz CT molecular complexity index is 615. The molecule has 6 heteroatoms. The van der Waals surface area contributed by atoms with Gasteiger partial charge in [0.2, 0.25) is 0 Å². The number of benzene rings is 2. The van der Waals surface area contributed by atoms with Crippen molar-refractivity contribution in [1.82, 2.24) is 0 Å². The first-order chi connectivity index (χ1) is 9.49. The number of anilines is 1. The average Bonchev–Trinajstić information content (AvgIpc) is 2.39. The zero-order valence-electron chi connectivity index (χ0n) is 10.6. The molecule has 20 heavy (non-hydrogen) atoms. The molecule has 0 radical (unpaired) electrons. The van der Waals surface area contributed by atoms with Crippen molar-refractivity contribution < 1.29 is 9.84 Å². The van der Waals surface area contributed by atoms with Gasteiger partial charge >= 0.3 is 0 Å². The first-order valence-electron chi connectivity index (χ1n) is 5.75. The van der Waals surface area contributed by atoms with Gasteiger partial charge in [-0.2, -0.15) is 0 Å². The van der Waals surface area contributed by atoms with E-state index in [2.05, 4.69) is 21.2 Å². The van der Waals surface area contributed by atoms with Crippen molar-refractivity contribution in [2.45, 2.75) is 6.54 Å². The van der Waals surface area contributed by atoms with Crippen LogP contribution in [0.5, 0.6) is 11.5 Å². The van der Waals surface area contributed by atoms with Gasteiger partial charge in [0.05, 0.1) is 11.6 Å². The minimum atomic E-state index is 0.0852. The fourth-order valence-electron chi connectivity index (χ4n) is 1.74. The number of hydrogen-bond donors (Lipinski definition) is 2. The molecule has 2 N–H and O–H groups in total. The number of ether oxygens (including phenoxy) is 1. The molecule has 0 spiro atoms. The van der Waals surface area contributed by atoms with E-state index in [1.54, 1.807) is 24.3 Å². The fourth-order valence-corrected chi connectivity index (χ4v) is 2.76. The minimum Gasteiger partial charge on any atom is -0.503 e. The molecule has 0 fully saturated rings. The summed E-state index contributed by atoms with van der Waals surface area (Å²) in [4.78, 5) is 0. The van der Waals surface area contributed by atoms with E-state index in [1.807, 2.05) is 6.07 Å². The van der Waals surface area contributed by atoms with Crippen molar-refractivity contribution in [3.05, 3.63) is 50.4 Å². The third-order valence-electron chi connectivity index (χ3n) is 2.67. The van der Waals surface area contributed by atoms with Crippen LogP contribution in [-0.4, -0.2) is 12.2 Å². The van der Waals surface area contributed by atoms with Crippen LogP contribution >= 0.6 is 39.1 Å². The molecule has 0 saturated heterocycles. The second-order valence-electron chi connectivity index (χ2n) is 4.14. The van der Waals surface area contributed by atoms with Crippen LogP contribution in [0.25, 0.3) is 0 Å². The topological polar surface area (TPSA) is 41.5 Å². The molecule has 106 valence electrons. The number of rotatable bonds is 4. The molecule has 0 aliphatic carbocycles. The number of halogens is 3.